The van der Waals surface area contributed by atoms with Crippen molar-refractivity contribution >= 4 is 34.8 Å². The Bertz CT molecular complexity index is 816. The Morgan fingerprint density at radius 2 is 1.86 bits per heavy atom. The Hall–Kier alpha value is -1.69. The number of anilines is 1. The molecule has 6 heteroatoms. The van der Waals surface area contributed by atoms with Gasteiger partial charge in [0, 0.05) is 16.6 Å². The first kappa shape index (κ1) is 21.0. The van der Waals surface area contributed by atoms with Crippen molar-refractivity contribution in [2.75, 3.05) is 5.32 Å². The number of carbonyl (C=O) groups is 1. The molecule has 2 aromatic rings. The third-order valence-corrected chi connectivity index (χ3v) is 7.07. The quantitative estimate of drug-likeness (QED) is 0.762. The second-order valence-electron chi connectivity index (χ2n) is 7.60. The van der Waals surface area contributed by atoms with Gasteiger partial charge in [0.25, 0.3) is 0 Å². The number of fused-ring (bicyclic) bond motifs is 1. The summed E-state index contributed by atoms with van der Waals surface area (Å²) in [5, 5.41) is 6.57. The first-order chi connectivity index (χ1) is 13.2. The van der Waals surface area contributed by atoms with E-state index in [4.69, 9.17) is 0 Å². The van der Waals surface area contributed by atoms with Crippen LogP contribution in [0.5, 0.6) is 0 Å². The van der Waals surface area contributed by atoms with Crippen molar-refractivity contribution in [1.82, 2.24) is 5.32 Å². The van der Waals surface area contributed by atoms with E-state index in [1.165, 1.54) is 25.7 Å². The van der Waals surface area contributed by atoms with Crippen molar-refractivity contribution in [3.63, 3.8) is 0 Å². The van der Waals surface area contributed by atoms with Gasteiger partial charge in [-0.25, -0.2) is 0 Å². The molecule has 4 unspecified atom stereocenters. The molecule has 28 heavy (non-hydrogen) atoms. The number of rotatable bonds is 5. The number of hydrogen-bond acceptors (Lipinski definition) is 3. The summed E-state index contributed by atoms with van der Waals surface area (Å²) in [5.41, 5.74) is 1.74. The lowest BCUT2D eigenvalue weighted by molar-refractivity contribution is -0.117. The number of amides is 1. The second-order valence-corrected chi connectivity index (χ2v) is 9.05. The molecule has 0 bridgehead atoms. The van der Waals surface area contributed by atoms with E-state index in [0.717, 1.165) is 22.6 Å². The van der Waals surface area contributed by atoms with Gasteiger partial charge in [-0.1, -0.05) is 43.2 Å². The molecule has 2 N–H and O–H groups in total. The Labute approximate surface area is 175 Å². The highest BCUT2D eigenvalue weighted by atomic mass is 35.5. The summed E-state index contributed by atoms with van der Waals surface area (Å²) in [6, 6.07) is 17.6. The molecule has 1 saturated carbocycles. The molecule has 0 spiro atoms. The predicted octanol–water partition coefficient (Wildman–Crippen LogP) is 4.28. The number of halogens is 1. The molecule has 0 radical (unpaired) electrons. The molecule has 1 heterocycles. The highest BCUT2D eigenvalue weighted by Gasteiger charge is 2.38. The number of nitrogens with one attached hydrogen (secondary N) is 2. The molecule has 2 aliphatic rings. The van der Waals surface area contributed by atoms with Crippen LogP contribution in [-0.2, 0) is 21.3 Å². The first-order valence-electron chi connectivity index (χ1n) is 9.78. The number of carbonyl (C=O) groups excluding carboxylic acids is 1. The summed E-state index contributed by atoms with van der Waals surface area (Å²) in [7, 11) is -1.09. The van der Waals surface area contributed by atoms with E-state index in [0.29, 0.717) is 17.7 Å². The van der Waals surface area contributed by atoms with Crippen molar-refractivity contribution in [2.45, 2.75) is 54.8 Å². The van der Waals surface area contributed by atoms with Gasteiger partial charge in [0.1, 0.15) is 0 Å². The van der Waals surface area contributed by atoms with E-state index < -0.39 is 10.8 Å². The van der Waals surface area contributed by atoms with Crippen LogP contribution in [0, 0.1) is 5.92 Å². The average Bonchev–Trinajstić information content (AvgIpc) is 3.13. The van der Waals surface area contributed by atoms with Crippen molar-refractivity contribution in [3.05, 3.63) is 60.2 Å². The molecule has 2 aromatic carbocycles. The SMILES string of the molecule is Cl.O=C(Nc1cccc(CS(=O)c2ccccc2)c1)C1CC2CCCCC2N1. The average molecular weight is 419 g/mol. The third kappa shape index (κ3) is 5.02. The highest BCUT2D eigenvalue weighted by molar-refractivity contribution is 7.84. The molecule has 1 aliphatic carbocycles. The fourth-order valence-corrected chi connectivity index (χ4v) is 5.41. The van der Waals surface area contributed by atoms with Crippen LogP contribution in [0.1, 0.15) is 37.7 Å². The van der Waals surface area contributed by atoms with Crippen LogP contribution in [-0.4, -0.2) is 22.2 Å². The fourth-order valence-electron chi connectivity index (χ4n) is 4.30. The predicted molar refractivity (Wildman–Crippen MR) is 116 cm³/mol. The minimum Gasteiger partial charge on any atom is -0.325 e. The van der Waals surface area contributed by atoms with Gasteiger partial charge < -0.3 is 10.6 Å². The molecule has 2 fully saturated rings. The Morgan fingerprint density at radius 1 is 1.07 bits per heavy atom. The largest absolute Gasteiger partial charge is 0.325 e. The molecule has 1 saturated heterocycles. The van der Waals surface area contributed by atoms with Crippen molar-refractivity contribution in [2.24, 2.45) is 5.92 Å². The maximum atomic E-state index is 12.7. The lowest BCUT2D eigenvalue weighted by atomic mass is 9.85. The van der Waals surface area contributed by atoms with Crippen LogP contribution in [0.2, 0.25) is 0 Å². The van der Waals surface area contributed by atoms with E-state index in [2.05, 4.69) is 10.6 Å². The van der Waals surface area contributed by atoms with Crippen LogP contribution in [0.4, 0.5) is 5.69 Å². The van der Waals surface area contributed by atoms with Gasteiger partial charge in [-0.15, -0.1) is 12.4 Å². The van der Waals surface area contributed by atoms with E-state index in [1.54, 1.807) is 0 Å². The summed E-state index contributed by atoms with van der Waals surface area (Å²) in [6.07, 6.45) is 5.92. The summed E-state index contributed by atoms with van der Waals surface area (Å²) >= 11 is 0. The van der Waals surface area contributed by atoms with Gasteiger partial charge in [-0.05, 0) is 55.0 Å². The van der Waals surface area contributed by atoms with Gasteiger partial charge in [0.15, 0.2) is 0 Å². The van der Waals surface area contributed by atoms with Gasteiger partial charge in [0.05, 0.1) is 22.6 Å². The molecule has 1 amide bonds. The molecule has 4 rings (SSSR count). The van der Waals surface area contributed by atoms with Crippen LogP contribution in [0.25, 0.3) is 0 Å². The molecular formula is C22H27ClN2O2S. The Kier molecular flexibility index (Phi) is 7.27. The lowest BCUT2D eigenvalue weighted by Crippen LogP contribution is -2.39. The van der Waals surface area contributed by atoms with Crippen molar-refractivity contribution in [3.8, 4) is 0 Å². The maximum Gasteiger partial charge on any atom is 0.241 e. The molecule has 0 aromatic heterocycles. The van der Waals surface area contributed by atoms with Gasteiger partial charge in [-0.3, -0.25) is 9.00 Å². The fraction of sp³-hybridized carbons (Fsp3) is 0.409. The molecule has 150 valence electrons. The molecule has 1 aliphatic heterocycles. The minimum absolute atomic E-state index is 0. The first-order valence-corrected chi connectivity index (χ1v) is 11.1. The minimum atomic E-state index is -1.09. The summed E-state index contributed by atoms with van der Waals surface area (Å²) in [4.78, 5) is 13.5. The normalized spacial score (nSPS) is 24.6. The highest BCUT2D eigenvalue weighted by Crippen LogP contribution is 2.33. The van der Waals surface area contributed by atoms with Gasteiger partial charge >= 0.3 is 0 Å². The standard InChI is InChI=1S/C22H26N2O2S.ClH/c25-22(21-14-17-8-4-5-12-20(17)24-21)23-18-9-6-7-16(13-18)15-27(26)19-10-2-1-3-11-19;/h1-3,6-7,9-11,13,17,20-21,24H,4-5,8,12,14-15H2,(H,23,25);1H. The van der Waals surface area contributed by atoms with E-state index >= 15 is 0 Å². The lowest BCUT2D eigenvalue weighted by Gasteiger charge is -2.24. The molecular weight excluding hydrogens is 392 g/mol. The second kappa shape index (κ2) is 9.68. The summed E-state index contributed by atoms with van der Waals surface area (Å²) < 4.78 is 12.5. The zero-order valence-electron chi connectivity index (χ0n) is 15.8. The summed E-state index contributed by atoms with van der Waals surface area (Å²) in [6.45, 7) is 0. The van der Waals surface area contributed by atoms with E-state index in [9.17, 15) is 9.00 Å². The van der Waals surface area contributed by atoms with Crippen LogP contribution in [0.3, 0.4) is 0 Å². The van der Waals surface area contributed by atoms with E-state index in [-0.39, 0.29) is 24.4 Å². The summed E-state index contributed by atoms with van der Waals surface area (Å²) in [5.74, 6) is 1.14. The van der Waals surface area contributed by atoms with Crippen LogP contribution < -0.4 is 10.6 Å². The van der Waals surface area contributed by atoms with Crippen molar-refractivity contribution < 1.29 is 9.00 Å². The van der Waals surface area contributed by atoms with Gasteiger partial charge in [0.2, 0.25) is 5.91 Å². The van der Waals surface area contributed by atoms with Gasteiger partial charge in [-0.2, -0.15) is 0 Å². The third-order valence-electron chi connectivity index (χ3n) is 5.68. The van der Waals surface area contributed by atoms with Crippen molar-refractivity contribution in [1.29, 1.82) is 0 Å². The number of hydrogen-bond donors (Lipinski definition) is 2. The topological polar surface area (TPSA) is 58.2 Å². The Morgan fingerprint density at radius 3 is 2.64 bits per heavy atom. The Balaban J connectivity index is 0.00000225. The molecule has 4 nitrogen and oxygen atoms in total. The van der Waals surface area contributed by atoms with Crippen LogP contribution in [0.15, 0.2) is 59.5 Å². The smallest absolute Gasteiger partial charge is 0.241 e. The maximum absolute atomic E-state index is 12.7. The monoisotopic (exact) mass is 418 g/mol. The van der Waals surface area contributed by atoms with Crippen LogP contribution >= 0.6 is 12.4 Å². The molecule has 4 atom stereocenters. The zero-order chi connectivity index (χ0) is 18.6. The van der Waals surface area contributed by atoms with E-state index in [1.807, 2.05) is 54.6 Å². The number of benzene rings is 2. The zero-order valence-corrected chi connectivity index (χ0v) is 17.4.